The Morgan fingerprint density at radius 1 is 1.35 bits per heavy atom. The highest BCUT2D eigenvalue weighted by Gasteiger charge is 2.10. The summed E-state index contributed by atoms with van der Waals surface area (Å²) < 4.78 is 4.61. The number of methoxy groups -OCH3 is 1. The maximum absolute atomic E-state index is 11.3. The van der Waals surface area contributed by atoms with E-state index < -0.39 is 5.97 Å². The number of hydrogen-bond acceptors (Lipinski definition) is 2. The average Bonchev–Trinajstić information content (AvgIpc) is 2.24. The topological polar surface area (TPSA) is 26.3 Å². The first kappa shape index (κ1) is 13.6. The van der Waals surface area contributed by atoms with E-state index in [9.17, 15) is 4.79 Å². The SMILES string of the molecule is COC(=O)c1ccc(C#CC(C)(C)C)cc1Cl. The first-order valence-electron chi connectivity index (χ1n) is 5.24. The van der Waals surface area contributed by atoms with Gasteiger partial charge in [0.25, 0.3) is 0 Å². The van der Waals surface area contributed by atoms with E-state index in [4.69, 9.17) is 11.6 Å². The van der Waals surface area contributed by atoms with Crippen molar-refractivity contribution in [1.29, 1.82) is 0 Å². The predicted octanol–water partition coefficient (Wildman–Crippen LogP) is 3.52. The second kappa shape index (κ2) is 5.25. The molecule has 0 spiro atoms. The van der Waals surface area contributed by atoms with Crippen molar-refractivity contribution < 1.29 is 9.53 Å². The summed E-state index contributed by atoms with van der Waals surface area (Å²) in [4.78, 5) is 11.3. The first-order chi connectivity index (χ1) is 7.83. The minimum absolute atomic E-state index is 0.0620. The maximum Gasteiger partial charge on any atom is 0.339 e. The summed E-state index contributed by atoms with van der Waals surface area (Å²) >= 11 is 5.98. The Bertz CT molecular complexity index is 487. The molecule has 0 radical (unpaired) electrons. The van der Waals surface area contributed by atoms with Gasteiger partial charge in [-0.05, 0) is 39.0 Å². The largest absolute Gasteiger partial charge is 0.465 e. The normalized spacial score (nSPS) is 10.4. The molecule has 0 unspecified atom stereocenters. The van der Waals surface area contributed by atoms with Gasteiger partial charge in [-0.1, -0.05) is 23.4 Å². The quantitative estimate of drug-likeness (QED) is 0.563. The smallest absolute Gasteiger partial charge is 0.339 e. The lowest BCUT2D eigenvalue weighted by atomic mass is 9.97. The number of ether oxygens (including phenoxy) is 1. The van der Waals surface area contributed by atoms with Gasteiger partial charge in [-0.25, -0.2) is 4.79 Å². The standard InChI is InChI=1S/C14H15ClO2/c1-14(2,3)8-7-10-5-6-11(12(15)9-10)13(16)17-4/h5-6,9H,1-4H3. The summed E-state index contributed by atoms with van der Waals surface area (Å²) in [6, 6.07) is 5.06. The molecular formula is C14H15ClO2. The molecule has 0 N–H and O–H groups in total. The molecule has 0 bridgehead atoms. The lowest BCUT2D eigenvalue weighted by Gasteiger charge is -2.07. The van der Waals surface area contributed by atoms with Gasteiger partial charge in [0.2, 0.25) is 0 Å². The summed E-state index contributed by atoms with van der Waals surface area (Å²) in [5, 5.41) is 0.359. The Labute approximate surface area is 107 Å². The molecular weight excluding hydrogens is 236 g/mol. The van der Waals surface area contributed by atoms with Crippen LogP contribution in [0.1, 0.15) is 36.7 Å². The zero-order valence-corrected chi connectivity index (χ0v) is 11.2. The number of hydrogen-bond donors (Lipinski definition) is 0. The molecule has 1 aromatic carbocycles. The fourth-order valence-corrected chi connectivity index (χ4v) is 1.39. The van der Waals surface area contributed by atoms with E-state index in [0.717, 1.165) is 5.56 Å². The van der Waals surface area contributed by atoms with Crippen LogP contribution in [0.3, 0.4) is 0 Å². The van der Waals surface area contributed by atoms with E-state index in [1.165, 1.54) is 7.11 Å². The number of esters is 1. The van der Waals surface area contributed by atoms with Crippen LogP contribution in [0, 0.1) is 17.3 Å². The van der Waals surface area contributed by atoms with Crippen molar-refractivity contribution in [1.82, 2.24) is 0 Å². The van der Waals surface area contributed by atoms with E-state index in [-0.39, 0.29) is 5.41 Å². The monoisotopic (exact) mass is 250 g/mol. The van der Waals surface area contributed by atoms with Crippen molar-refractivity contribution in [2.75, 3.05) is 7.11 Å². The van der Waals surface area contributed by atoms with Crippen LogP contribution in [0.15, 0.2) is 18.2 Å². The van der Waals surface area contributed by atoms with Crippen LogP contribution in [0.25, 0.3) is 0 Å². The van der Waals surface area contributed by atoms with Crippen LogP contribution in [0.5, 0.6) is 0 Å². The van der Waals surface area contributed by atoms with Crippen molar-refractivity contribution >= 4 is 17.6 Å². The third kappa shape index (κ3) is 4.13. The molecule has 1 aromatic rings. The molecule has 0 amide bonds. The molecule has 0 atom stereocenters. The van der Waals surface area contributed by atoms with Crippen LogP contribution < -0.4 is 0 Å². The van der Waals surface area contributed by atoms with Gasteiger partial charge >= 0.3 is 5.97 Å². The van der Waals surface area contributed by atoms with Gasteiger partial charge in [-0.3, -0.25) is 0 Å². The van der Waals surface area contributed by atoms with E-state index in [1.54, 1.807) is 18.2 Å². The molecule has 2 nitrogen and oxygen atoms in total. The molecule has 90 valence electrons. The first-order valence-corrected chi connectivity index (χ1v) is 5.62. The Balaban J connectivity index is 3.04. The highest BCUT2D eigenvalue weighted by atomic mass is 35.5. The van der Waals surface area contributed by atoms with E-state index in [1.807, 2.05) is 20.8 Å². The molecule has 0 saturated heterocycles. The molecule has 0 aliphatic rings. The molecule has 0 heterocycles. The molecule has 0 aromatic heterocycles. The van der Waals surface area contributed by atoms with Gasteiger partial charge in [0.05, 0.1) is 17.7 Å². The minimum Gasteiger partial charge on any atom is -0.465 e. The number of carbonyl (C=O) groups is 1. The van der Waals surface area contributed by atoms with Crippen molar-refractivity contribution in [2.24, 2.45) is 5.41 Å². The van der Waals surface area contributed by atoms with Crippen LogP contribution in [0.2, 0.25) is 5.02 Å². The van der Waals surface area contributed by atoms with Crippen molar-refractivity contribution in [3.8, 4) is 11.8 Å². The molecule has 0 aliphatic carbocycles. The Hall–Kier alpha value is -1.46. The molecule has 0 aliphatic heterocycles. The number of rotatable bonds is 1. The second-order valence-electron chi connectivity index (χ2n) is 4.69. The van der Waals surface area contributed by atoms with Gasteiger partial charge in [0.1, 0.15) is 0 Å². The number of carbonyl (C=O) groups excluding carboxylic acids is 1. The minimum atomic E-state index is -0.440. The zero-order chi connectivity index (χ0) is 13.1. The predicted molar refractivity (Wildman–Crippen MR) is 69.1 cm³/mol. The Kier molecular flexibility index (Phi) is 4.20. The van der Waals surface area contributed by atoms with Crippen LogP contribution >= 0.6 is 11.6 Å². The van der Waals surface area contributed by atoms with Crippen molar-refractivity contribution in [2.45, 2.75) is 20.8 Å². The van der Waals surface area contributed by atoms with Crippen LogP contribution in [0.4, 0.5) is 0 Å². The second-order valence-corrected chi connectivity index (χ2v) is 5.09. The van der Waals surface area contributed by atoms with Crippen molar-refractivity contribution in [3.05, 3.63) is 34.3 Å². The van der Waals surface area contributed by atoms with Gasteiger partial charge in [0, 0.05) is 11.0 Å². The summed E-state index contributed by atoms with van der Waals surface area (Å²) in [5.74, 6) is 5.69. The molecule has 3 heteroatoms. The Morgan fingerprint density at radius 3 is 2.47 bits per heavy atom. The van der Waals surface area contributed by atoms with E-state index >= 15 is 0 Å². The fraction of sp³-hybridized carbons (Fsp3) is 0.357. The van der Waals surface area contributed by atoms with Gasteiger partial charge in [-0.15, -0.1) is 0 Å². The van der Waals surface area contributed by atoms with Gasteiger partial charge in [0.15, 0.2) is 0 Å². The third-order valence-electron chi connectivity index (χ3n) is 1.96. The lowest BCUT2D eigenvalue weighted by molar-refractivity contribution is 0.0601. The zero-order valence-electron chi connectivity index (χ0n) is 10.4. The van der Waals surface area contributed by atoms with Gasteiger partial charge < -0.3 is 4.74 Å². The third-order valence-corrected chi connectivity index (χ3v) is 2.27. The van der Waals surface area contributed by atoms with Gasteiger partial charge in [-0.2, -0.15) is 0 Å². The van der Waals surface area contributed by atoms with Crippen molar-refractivity contribution in [3.63, 3.8) is 0 Å². The number of halogens is 1. The van der Waals surface area contributed by atoms with Crippen LogP contribution in [-0.4, -0.2) is 13.1 Å². The summed E-state index contributed by atoms with van der Waals surface area (Å²) in [6.07, 6.45) is 0. The fourth-order valence-electron chi connectivity index (χ4n) is 1.13. The summed E-state index contributed by atoms with van der Waals surface area (Å²) in [5.41, 5.74) is 1.08. The highest BCUT2D eigenvalue weighted by molar-refractivity contribution is 6.33. The highest BCUT2D eigenvalue weighted by Crippen LogP contribution is 2.19. The molecule has 17 heavy (non-hydrogen) atoms. The van der Waals surface area contributed by atoms with Crippen LogP contribution in [-0.2, 0) is 4.74 Å². The maximum atomic E-state index is 11.3. The molecule has 1 rings (SSSR count). The lowest BCUT2D eigenvalue weighted by Crippen LogP contribution is -2.02. The molecule has 0 saturated carbocycles. The van der Waals surface area contributed by atoms with E-state index in [2.05, 4.69) is 16.6 Å². The Morgan fingerprint density at radius 2 is 2.00 bits per heavy atom. The van der Waals surface area contributed by atoms with E-state index in [0.29, 0.717) is 10.6 Å². The summed E-state index contributed by atoms with van der Waals surface area (Å²) in [6.45, 7) is 6.10. The summed E-state index contributed by atoms with van der Waals surface area (Å²) in [7, 11) is 1.33. The number of benzene rings is 1. The average molecular weight is 251 g/mol. The molecule has 0 fully saturated rings.